The van der Waals surface area contributed by atoms with E-state index in [0.717, 1.165) is 6.67 Å². The fourth-order valence-electron chi connectivity index (χ4n) is 1.66. The first-order chi connectivity index (χ1) is 5.73. The molecule has 0 aromatic rings. The highest BCUT2D eigenvalue weighted by Crippen LogP contribution is 2.24. The Balaban J connectivity index is 2.57. The summed E-state index contributed by atoms with van der Waals surface area (Å²) in [7, 11) is 0. The van der Waals surface area contributed by atoms with Gasteiger partial charge in [0.2, 0.25) is 0 Å². The van der Waals surface area contributed by atoms with Crippen molar-refractivity contribution in [3.63, 3.8) is 0 Å². The lowest BCUT2D eigenvalue weighted by Crippen LogP contribution is -2.45. The maximum atomic E-state index is 4.01. The first-order valence-electron chi connectivity index (χ1n) is 4.75. The van der Waals surface area contributed by atoms with E-state index in [1.807, 2.05) is 6.34 Å². The Morgan fingerprint density at radius 2 is 2.33 bits per heavy atom. The van der Waals surface area contributed by atoms with Crippen LogP contribution in [-0.4, -0.2) is 23.4 Å². The van der Waals surface area contributed by atoms with E-state index >= 15 is 0 Å². The van der Waals surface area contributed by atoms with Crippen molar-refractivity contribution in [1.29, 1.82) is 0 Å². The Morgan fingerprint density at radius 1 is 1.58 bits per heavy atom. The van der Waals surface area contributed by atoms with Crippen molar-refractivity contribution >= 4 is 6.34 Å². The monoisotopic (exact) mass is 169 g/mol. The van der Waals surface area contributed by atoms with E-state index in [4.69, 9.17) is 0 Å². The van der Waals surface area contributed by atoms with Gasteiger partial charge in [-0.05, 0) is 19.8 Å². The highest BCUT2D eigenvalue weighted by molar-refractivity contribution is 5.57. The molecule has 12 heavy (non-hydrogen) atoms. The highest BCUT2D eigenvalue weighted by atomic mass is 15.5. The fraction of sp³-hybridized carbons (Fsp3) is 0.889. The third kappa shape index (κ3) is 1.71. The number of hydrogen-bond acceptors (Lipinski definition) is 3. The van der Waals surface area contributed by atoms with Crippen molar-refractivity contribution < 1.29 is 0 Å². The van der Waals surface area contributed by atoms with Crippen molar-refractivity contribution in [3.8, 4) is 0 Å². The van der Waals surface area contributed by atoms with Crippen LogP contribution in [-0.2, 0) is 0 Å². The largest absolute Gasteiger partial charge is 0.337 e. The van der Waals surface area contributed by atoms with E-state index in [1.165, 1.54) is 19.3 Å². The molecular weight excluding hydrogens is 150 g/mol. The second kappa shape index (κ2) is 3.78. The van der Waals surface area contributed by atoms with E-state index in [0.29, 0.717) is 5.54 Å². The van der Waals surface area contributed by atoms with Crippen LogP contribution >= 0.6 is 0 Å². The molecule has 0 aromatic heterocycles. The van der Waals surface area contributed by atoms with Gasteiger partial charge in [-0.25, -0.2) is 0 Å². The fourth-order valence-corrected chi connectivity index (χ4v) is 1.66. The number of hydrazone groups is 1. The molecule has 0 spiro atoms. The van der Waals surface area contributed by atoms with Crippen LogP contribution in [0.4, 0.5) is 0 Å². The van der Waals surface area contributed by atoms with Gasteiger partial charge < -0.3 is 4.90 Å². The summed E-state index contributed by atoms with van der Waals surface area (Å²) in [5.41, 5.74) is 3.26. The highest BCUT2D eigenvalue weighted by Gasteiger charge is 2.28. The lowest BCUT2D eigenvalue weighted by molar-refractivity contribution is 0.180. The normalized spacial score (nSPS) is 20.8. The van der Waals surface area contributed by atoms with Crippen molar-refractivity contribution in [1.82, 2.24) is 10.3 Å². The Bertz CT molecular complexity index is 167. The van der Waals surface area contributed by atoms with E-state index in [2.05, 4.69) is 36.2 Å². The average molecular weight is 169 g/mol. The molecule has 0 saturated carbocycles. The summed E-state index contributed by atoms with van der Waals surface area (Å²) in [6.45, 7) is 7.64. The van der Waals surface area contributed by atoms with E-state index in [1.54, 1.807) is 0 Å². The predicted molar refractivity (Wildman–Crippen MR) is 51.9 cm³/mol. The van der Waals surface area contributed by atoms with Gasteiger partial charge in [-0.3, -0.25) is 5.43 Å². The zero-order valence-electron chi connectivity index (χ0n) is 8.30. The van der Waals surface area contributed by atoms with Gasteiger partial charge in [-0.2, -0.15) is 5.10 Å². The van der Waals surface area contributed by atoms with Gasteiger partial charge in [-0.15, -0.1) is 0 Å². The summed E-state index contributed by atoms with van der Waals surface area (Å²) in [5.74, 6) is 0. The summed E-state index contributed by atoms with van der Waals surface area (Å²) in [4.78, 5) is 2.29. The summed E-state index contributed by atoms with van der Waals surface area (Å²) in [6, 6.07) is 0. The molecule has 3 nitrogen and oxygen atoms in total. The molecule has 0 fully saturated rings. The Kier molecular flexibility index (Phi) is 2.95. The molecule has 1 aliphatic heterocycles. The van der Waals surface area contributed by atoms with Gasteiger partial charge in [-0.1, -0.05) is 20.3 Å². The summed E-state index contributed by atoms with van der Waals surface area (Å²) < 4.78 is 0. The summed E-state index contributed by atoms with van der Waals surface area (Å²) >= 11 is 0. The van der Waals surface area contributed by atoms with Crippen LogP contribution in [0.15, 0.2) is 5.10 Å². The molecule has 3 heteroatoms. The second-order valence-electron chi connectivity index (χ2n) is 3.63. The molecule has 0 bridgehead atoms. The predicted octanol–water partition coefficient (Wildman–Crippen LogP) is 1.76. The van der Waals surface area contributed by atoms with Gasteiger partial charge in [0.1, 0.15) is 13.0 Å². The molecule has 1 atom stereocenters. The Morgan fingerprint density at radius 3 is 2.75 bits per heavy atom. The lowest BCUT2D eigenvalue weighted by atomic mass is 9.92. The van der Waals surface area contributed by atoms with Crippen LogP contribution in [0.5, 0.6) is 0 Å². The third-order valence-electron chi connectivity index (χ3n) is 2.77. The number of nitrogens with one attached hydrogen (secondary N) is 1. The minimum atomic E-state index is 0.293. The van der Waals surface area contributed by atoms with Crippen molar-refractivity contribution in [2.75, 3.05) is 6.67 Å². The third-order valence-corrected chi connectivity index (χ3v) is 2.77. The molecule has 0 radical (unpaired) electrons. The summed E-state index contributed by atoms with van der Waals surface area (Å²) in [5, 5.41) is 4.01. The van der Waals surface area contributed by atoms with Crippen LogP contribution in [0.25, 0.3) is 0 Å². The van der Waals surface area contributed by atoms with Gasteiger partial charge in [0, 0.05) is 5.54 Å². The number of hydrogen-bond donors (Lipinski definition) is 1. The van der Waals surface area contributed by atoms with Crippen molar-refractivity contribution in [2.45, 2.75) is 45.6 Å². The van der Waals surface area contributed by atoms with Gasteiger partial charge >= 0.3 is 0 Å². The average Bonchev–Trinajstić information content (AvgIpc) is 2.57. The van der Waals surface area contributed by atoms with Crippen LogP contribution in [0.1, 0.15) is 40.0 Å². The maximum absolute atomic E-state index is 4.01. The molecule has 1 rings (SSSR count). The Labute approximate surface area is 74.8 Å². The number of rotatable bonds is 4. The molecule has 0 saturated heterocycles. The molecule has 1 heterocycles. The second-order valence-corrected chi connectivity index (χ2v) is 3.63. The van der Waals surface area contributed by atoms with Gasteiger partial charge in [0.05, 0.1) is 0 Å². The molecule has 70 valence electrons. The van der Waals surface area contributed by atoms with Crippen molar-refractivity contribution in [2.24, 2.45) is 5.10 Å². The number of nitrogens with zero attached hydrogens (tertiary/aromatic N) is 2. The quantitative estimate of drug-likeness (QED) is 0.694. The molecular formula is C9H19N3. The minimum Gasteiger partial charge on any atom is -0.337 e. The SMILES string of the molecule is CCCC(C)(CC)N1C=NNC1. The van der Waals surface area contributed by atoms with Crippen LogP contribution < -0.4 is 5.43 Å². The maximum Gasteiger partial charge on any atom is 0.113 e. The molecule has 1 unspecified atom stereocenters. The molecule has 0 aliphatic carbocycles. The zero-order valence-corrected chi connectivity index (χ0v) is 8.30. The standard InChI is InChI=1S/C9H19N3/c1-4-6-9(3,5-2)12-7-10-11-8-12/h7,11H,4-6,8H2,1-3H3. The summed E-state index contributed by atoms with van der Waals surface area (Å²) in [6.07, 6.45) is 5.56. The van der Waals surface area contributed by atoms with Crippen molar-refractivity contribution in [3.05, 3.63) is 0 Å². The van der Waals surface area contributed by atoms with Crippen LogP contribution in [0, 0.1) is 0 Å². The topological polar surface area (TPSA) is 27.6 Å². The molecule has 0 aromatic carbocycles. The van der Waals surface area contributed by atoms with Crippen LogP contribution in [0.3, 0.4) is 0 Å². The van der Waals surface area contributed by atoms with Gasteiger partial charge in [0.15, 0.2) is 0 Å². The van der Waals surface area contributed by atoms with Crippen LogP contribution in [0.2, 0.25) is 0 Å². The van der Waals surface area contributed by atoms with E-state index in [-0.39, 0.29) is 0 Å². The lowest BCUT2D eigenvalue weighted by Gasteiger charge is -2.36. The first-order valence-corrected chi connectivity index (χ1v) is 4.75. The van der Waals surface area contributed by atoms with Gasteiger partial charge in [0.25, 0.3) is 0 Å². The molecule has 1 aliphatic rings. The van der Waals surface area contributed by atoms with E-state index < -0.39 is 0 Å². The Hall–Kier alpha value is -0.730. The van der Waals surface area contributed by atoms with E-state index in [9.17, 15) is 0 Å². The first kappa shape index (κ1) is 9.36. The smallest absolute Gasteiger partial charge is 0.113 e. The minimum absolute atomic E-state index is 0.293. The molecule has 0 amide bonds. The zero-order chi connectivity index (χ0) is 9.03. The molecule has 1 N–H and O–H groups in total.